The van der Waals surface area contributed by atoms with E-state index in [2.05, 4.69) is 4.99 Å². The molecule has 1 aliphatic rings. The van der Waals surface area contributed by atoms with Gasteiger partial charge in [0.15, 0.2) is 12.1 Å². The van der Waals surface area contributed by atoms with Gasteiger partial charge in [0.05, 0.1) is 13.2 Å². The Morgan fingerprint density at radius 3 is 2.64 bits per heavy atom. The summed E-state index contributed by atoms with van der Waals surface area (Å²) in [4.78, 5) is 27.7. The molecule has 0 spiro atoms. The molecule has 25 heavy (non-hydrogen) atoms. The summed E-state index contributed by atoms with van der Waals surface area (Å²) in [5, 5.41) is 10.8. The van der Waals surface area contributed by atoms with E-state index in [1.807, 2.05) is 0 Å². The second-order valence-electron chi connectivity index (χ2n) is 5.47. The molecule has 7 nitrogen and oxygen atoms in total. The zero-order valence-corrected chi connectivity index (χ0v) is 15.2. The molecule has 0 aliphatic carbocycles. The van der Waals surface area contributed by atoms with Crippen LogP contribution in [0.15, 0.2) is 23.2 Å². The minimum absolute atomic E-state index is 0.0410. The highest BCUT2D eigenvalue weighted by Crippen LogP contribution is 2.35. The first-order chi connectivity index (χ1) is 11.9. The van der Waals surface area contributed by atoms with E-state index in [1.54, 1.807) is 32.9 Å². The zero-order valence-electron chi connectivity index (χ0n) is 14.4. The fourth-order valence-electron chi connectivity index (χ4n) is 2.15. The van der Waals surface area contributed by atoms with Crippen molar-refractivity contribution in [2.45, 2.75) is 26.3 Å². The Morgan fingerprint density at radius 2 is 2.00 bits per heavy atom. The smallest absolute Gasteiger partial charge is 0.344 e. The van der Waals surface area contributed by atoms with Crippen molar-refractivity contribution < 1.29 is 28.9 Å². The minimum atomic E-state index is -0.957. The molecule has 0 amide bonds. The van der Waals surface area contributed by atoms with Gasteiger partial charge in [0.2, 0.25) is 0 Å². The number of ether oxygens (including phenoxy) is 3. The van der Waals surface area contributed by atoms with Gasteiger partial charge >= 0.3 is 11.9 Å². The summed E-state index contributed by atoms with van der Waals surface area (Å²) < 4.78 is 15.1. The molecule has 0 aromatic heterocycles. The van der Waals surface area contributed by atoms with E-state index in [0.717, 1.165) is 0 Å². The zero-order chi connectivity index (χ0) is 18.4. The molecule has 1 aromatic rings. The first-order valence-electron chi connectivity index (χ1n) is 7.91. The lowest BCUT2D eigenvalue weighted by Crippen LogP contribution is -2.35. The number of phenolic OH excluding ortho intramolecular Hbond substituents is 1. The van der Waals surface area contributed by atoms with Crippen LogP contribution in [0.25, 0.3) is 0 Å². The summed E-state index contributed by atoms with van der Waals surface area (Å²) in [6.07, 6.45) is 0. The summed E-state index contributed by atoms with van der Waals surface area (Å²) in [5.41, 5.74) is -0.455. The van der Waals surface area contributed by atoms with Crippen molar-refractivity contribution >= 4 is 28.7 Å². The van der Waals surface area contributed by atoms with Crippen LogP contribution in [0.3, 0.4) is 0 Å². The SMILES string of the molecule is CCOC(=O)COc1ccc(C2=N[C@@](C)(C(=O)OCC)CS2)c(O)c1. The van der Waals surface area contributed by atoms with E-state index in [0.29, 0.717) is 28.7 Å². The molecule has 0 fully saturated rings. The number of aliphatic imine (C=N–C) groups is 1. The van der Waals surface area contributed by atoms with Crippen molar-refractivity contribution in [1.82, 2.24) is 0 Å². The monoisotopic (exact) mass is 367 g/mol. The molecule has 136 valence electrons. The van der Waals surface area contributed by atoms with Crippen LogP contribution in [0.4, 0.5) is 0 Å². The van der Waals surface area contributed by atoms with Gasteiger partial charge in [-0.3, -0.25) is 4.99 Å². The number of carbonyl (C=O) groups is 2. The number of hydrogen-bond donors (Lipinski definition) is 1. The predicted octanol–water partition coefficient (Wildman–Crippen LogP) is 2.15. The summed E-state index contributed by atoms with van der Waals surface area (Å²) >= 11 is 1.38. The number of carbonyl (C=O) groups excluding carboxylic acids is 2. The highest BCUT2D eigenvalue weighted by molar-refractivity contribution is 8.14. The van der Waals surface area contributed by atoms with Gasteiger partial charge in [0, 0.05) is 17.4 Å². The van der Waals surface area contributed by atoms with Crippen molar-refractivity contribution in [2.24, 2.45) is 4.99 Å². The van der Waals surface area contributed by atoms with Gasteiger partial charge in [-0.1, -0.05) is 0 Å². The number of aromatic hydroxyl groups is 1. The summed E-state index contributed by atoms with van der Waals surface area (Å²) in [6, 6.07) is 4.66. The molecule has 8 heteroatoms. The lowest BCUT2D eigenvalue weighted by Gasteiger charge is -2.16. The second-order valence-corrected chi connectivity index (χ2v) is 6.44. The lowest BCUT2D eigenvalue weighted by molar-refractivity contribution is -0.148. The average Bonchev–Trinajstić information content (AvgIpc) is 2.97. The molecule has 1 aromatic carbocycles. The van der Waals surface area contributed by atoms with E-state index in [-0.39, 0.29) is 24.9 Å². The Hall–Kier alpha value is -2.22. The van der Waals surface area contributed by atoms with Crippen LogP contribution < -0.4 is 4.74 Å². The van der Waals surface area contributed by atoms with Gasteiger partial charge in [0.25, 0.3) is 0 Å². The van der Waals surface area contributed by atoms with Crippen LogP contribution in [-0.4, -0.2) is 53.2 Å². The van der Waals surface area contributed by atoms with Gasteiger partial charge in [0.1, 0.15) is 16.5 Å². The number of hydrogen-bond acceptors (Lipinski definition) is 8. The number of esters is 2. The molecule has 0 saturated heterocycles. The maximum absolute atomic E-state index is 12.0. The molecule has 0 saturated carbocycles. The van der Waals surface area contributed by atoms with Gasteiger partial charge in [-0.15, -0.1) is 11.8 Å². The number of thioether (sulfide) groups is 1. The van der Waals surface area contributed by atoms with Crippen LogP contribution in [-0.2, 0) is 19.1 Å². The lowest BCUT2D eigenvalue weighted by atomic mass is 10.1. The van der Waals surface area contributed by atoms with Crippen molar-refractivity contribution in [3.8, 4) is 11.5 Å². The molecule has 2 rings (SSSR count). The number of rotatable bonds is 7. The number of phenols is 1. The molecule has 0 bridgehead atoms. The van der Waals surface area contributed by atoms with Crippen molar-refractivity contribution in [2.75, 3.05) is 25.6 Å². The van der Waals surface area contributed by atoms with Crippen LogP contribution >= 0.6 is 11.8 Å². The van der Waals surface area contributed by atoms with E-state index in [1.165, 1.54) is 17.8 Å². The Kier molecular flexibility index (Phi) is 6.30. The van der Waals surface area contributed by atoms with E-state index < -0.39 is 11.5 Å². The third-order valence-corrected chi connectivity index (χ3v) is 4.71. The van der Waals surface area contributed by atoms with E-state index in [4.69, 9.17) is 14.2 Å². The third-order valence-electron chi connectivity index (χ3n) is 3.42. The standard InChI is InChI=1S/C17H21NO6S/c1-4-22-14(20)9-24-11-6-7-12(13(19)8-11)15-18-17(3,10-25-15)16(21)23-5-2/h6-8,19H,4-5,9-10H2,1-3H3/t17-/m1/s1. The van der Waals surface area contributed by atoms with Gasteiger partial charge in [-0.05, 0) is 32.9 Å². The maximum atomic E-state index is 12.0. The van der Waals surface area contributed by atoms with E-state index >= 15 is 0 Å². The summed E-state index contributed by atoms with van der Waals surface area (Å²) in [7, 11) is 0. The van der Waals surface area contributed by atoms with Gasteiger partial charge in [-0.25, -0.2) is 9.59 Å². The molecular formula is C17H21NO6S. The van der Waals surface area contributed by atoms with Crippen LogP contribution in [0.2, 0.25) is 0 Å². The molecule has 1 atom stereocenters. The molecule has 0 unspecified atom stereocenters. The topological polar surface area (TPSA) is 94.4 Å². The fraction of sp³-hybridized carbons (Fsp3) is 0.471. The van der Waals surface area contributed by atoms with Crippen molar-refractivity contribution in [3.05, 3.63) is 23.8 Å². The highest BCUT2D eigenvalue weighted by Gasteiger charge is 2.40. The van der Waals surface area contributed by atoms with Crippen LogP contribution in [0.1, 0.15) is 26.3 Å². The van der Waals surface area contributed by atoms with E-state index in [9.17, 15) is 14.7 Å². The third kappa shape index (κ3) is 4.66. The molecule has 1 aliphatic heterocycles. The van der Waals surface area contributed by atoms with Crippen molar-refractivity contribution in [1.29, 1.82) is 0 Å². The largest absolute Gasteiger partial charge is 0.507 e. The highest BCUT2D eigenvalue weighted by atomic mass is 32.2. The summed E-state index contributed by atoms with van der Waals surface area (Å²) in [5.74, 6) is -0.119. The quantitative estimate of drug-likeness (QED) is 0.738. The van der Waals surface area contributed by atoms with Crippen molar-refractivity contribution in [3.63, 3.8) is 0 Å². The number of benzene rings is 1. The normalized spacial score (nSPS) is 19.2. The fourth-order valence-corrected chi connectivity index (χ4v) is 3.35. The van der Waals surface area contributed by atoms with Crippen LogP contribution in [0, 0.1) is 0 Å². The van der Waals surface area contributed by atoms with Crippen LogP contribution in [0.5, 0.6) is 11.5 Å². The molecule has 1 N–H and O–H groups in total. The average molecular weight is 367 g/mol. The molecule has 0 radical (unpaired) electrons. The first kappa shape index (κ1) is 19.1. The maximum Gasteiger partial charge on any atom is 0.344 e. The minimum Gasteiger partial charge on any atom is -0.507 e. The Balaban J connectivity index is 2.11. The molecular weight excluding hydrogens is 346 g/mol. The molecule has 1 heterocycles. The predicted molar refractivity (Wildman–Crippen MR) is 94.3 cm³/mol. The Bertz CT molecular complexity index is 690. The Labute approximate surface area is 150 Å². The second kappa shape index (κ2) is 8.24. The number of nitrogens with zero attached hydrogens (tertiary/aromatic N) is 1. The van der Waals surface area contributed by atoms with Gasteiger partial charge in [-0.2, -0.15) is 0 Å². The first-order valence-corrected chi connectivity index (χ1v) is 8.90. The van der Waals surface area contributed by atoms with Gasteiger partial charge < -0.3 is 19.3 Å². The Morgan fingerprint density at radius 1 is 1.28 bits per heavy atom. The summed E-state index contributed by atoms with van der Waals surface area (Å²) in [6.45, 7) is 5.50.